The highest BCUT2D eigenvalue weighted by molar-refractivity contribution is 5.76. The molecule has 73 heavy (non-hydrogen) atoms. The van der Waals surface area contributed by atoms with Gasteiger partial charge in [0.15, 0.2) is 12.6 Å². The van der Waals surface area contributed by atoms with Gasteiger partial charge in [-0.1, -0.05) is 181 Å². The summed E-state index contributed by atoms with van der Waals surface area (Å²) in [5.41, 5.74) is 0. The third kappa shape index (κ3) is 30.1. The molecular formula is C59H97NO13. The highest BCUT2D eigenvalue weighted by Gasteiger charge is 2.51. The quantitative estimate of drug-likeness (QED) is 0.0207. The van der Waals surface area contributed by atoms with E-state index in [9.17, 15) is 45.6 Å². The van der Waals surface area contributed by atoms with E-state index < -0.39 is 86.8 Å². The maximum Gasteiger partial charge on any atom is 0.220 e. The van der Waals surface area contributed by atoms with Gasteiger partial charge in [0.25, 0.3) is 0 Å². The maximum absolute atomic E-state index is 13.1. The van der Waals surface area contributed by atoms with Crippen LogP contribution in [0.5, 0.6) is 0 Å². The smallest absolute Gasteiger partial charge is 0.220 e. The molecule has 0 spiro atoms. The Morgan fingerprint density at radius 1 is 0.507 bits per heavy atom. The third-order valence-corrected chi connectivity index (χ3v) is 12.7. The Bertz CT molecular complexity index is 1640. The van der Waals surface area contributed by atoms with Gasteiger partial charge in [-0.05, 0) is 83.5 Å². The molecular weight excluding hydrogens is 931 g/mol. The Balaban J connectivity index is 1.62. The second kappa shape index (κ2) is 43.8. The van der Waals surface area contributed by atoms with E-state index in [-0.39, 0.29) is 18.9 Å². The summed E-state index contributed by atoms with van der Waals surface area (Å²) in [6, 6.07) is -0.923. The van der Waals surface area contributed by atoms with Gasteiger partial charge >= 0.3 is 0 Å². The number of hydrogen-bond donors (Lipinski definition) is 9. The van der Waals surface area contributed by atoms with Crippen LogP contribution < -0.4 is 5.32 Å². The summed E-state index contributed by atoms with van der Waals surface area (Å²) in [7, 11) is 0. The molecule has 2 saturated heterocycles. The fourth-order valence-corrected chi connectivity index (χ4v) is 8.24. The van der Waals surface area contributed by atoms with Crippen LogP contribution in [0.2, 0.25) is 0 Å². The molecule has 14 heteroatoms. The van der Waals surface area contributed by atoms with Gasteiger partial charge in [-0.3, -0.25) is 4.79 Å². The van der Waals surface area contributed by atoms with Gasteiger partial charge in [0.05, 0.1) is 32.0 Å². The number of nitrogens with one attached hydrogen (secondary N) is 1. The number of unbranched alkanes of at least 4 members (excludes halogenated alkanes) is 12. The van der Waals surface area contributed by atoms with Gasteiger partial charge < -0.3 is 65.1 Å². The molecule has 0 aliphatic carbocycles. The summed E-state index contributed by atoms with van der Waals surface area (Å²) >= 11 is 0. The lowest BCUT2D eigenvalue weighted by Gasteiger charge is -2.46. The molecule has 1 amide bonds. The standard InChI is InChI=1S/C59H97NO13/c1-3-5-7-9-11-12-13-14-15-16-17-18-19-20-21-22-23-24-25-26-27-28-29-30-31-32-33-34-35-36-37-39-41-43-51(64)60-47(48(63)42-40-38-10-8-6-4-2)46-70-58-56(69)54(67)57(50(45-62)72-58)73-59-55(68)53(66)52(65)49(44-61)71-59/h5,7,11-12,14-15,17-18,20-21,23-24,26-27,29-30,40,42,47-50,52-59,61-63,65-69H,3-4,6,8-10,13,16,19,22,25,28,31-39,41,43-46H2,1-2H3,(H,60,64)/b7-5-,12-11-,15-14-,18-17-,21-20-,24-23-,27-26-,30-29-,42-40+. The number of ether oxygens (including phenoxy) is 4. The Morgan fingerprint density at radius 2 is 0.945 bits per heavy atom. The fourth-order valence-electron chi connectivity index (χ4n) is 8.24. The van der Waals surface area contributed by atoms with Crippen LogP contribution in [0.4, 0.5) is 0 Å². The molecule has 12 atom stereocenters. The van der Waals surface area contributed by atoms with Gasteiger partial charge in [0, 0.05) is 6.42 Å². The van der Waals surface area contributed by atoms with E-state index in [4.69, 9.17) is 18.9 Å². The molecule has 2 fully saturated rings. The van der Waals surface area contributed by atoms with Crippen LogP contribution in [-0.4, -0.2) is 140 Å². The first kappa shape index (κ1) is 65.8. The third-order valence-electron chi connectivity index (χ3n) is 12.7. The van der Waals surface area contributed by atoms with Crippen LogP contribution in [0.1, 0.15) is 162 Å². The lowest BCUT2D eigenvalue weighted by molar-refractivity contribution is -0.359. The van der Waals surface area contributed by atoms with Crippen molar-refractivity contribution in [2.45, 2.75) is 235 Å². The highest BCUT2D eigenvalue weighted by Crippen LogP contribution is 2.30. The topological polar surface area (TPSA) is 228 Å². The molecule has 0 aromatic carbocycles. The van der Waals surface area contributed by atoms with Crippen molar-refractivity contribution >= 4 is 5.91 Å². The first-order valence-corrected chi connectivity index (χ1v) is 27.6. The van der Waals surface area contributed by atoms with E-state index in [0.717, 1.165) is 116 Å². The molecule has 12 unspecified atom stereocenters. The van der Waals surface area contributed by atoms with E-state index in [1.54, 1.807) is 6.08 Å². The summed E-state index contributed by atoms with van der Waals surface area (Å²) < 4.78 is 22.6. The second-order valence-electron chi connectivity index (χ2n) is 19.0. The summed E-state index contributed by atoms with van der Waals surface area (Å²) in [4.78, 5) is 13.1. The van der Waals surface area contributed by atoms with Gasteiger partial charge in [-0.15, -0.1) is 0 Å². The van der Waals surface area contributed by atoms with E-state index in [1.807, 2.05) is 6.08 Å². The minimum absolute atomic E-state index is 0.260. The van der Waals surface area contributed by atoms with E-state index in [0.29, 0.717) is 6.42 Å². The number of carbonyl (C=O) groups excluding carboxylic acids is 1. The molecule has 2 aliphatic heterocycles. The number of rotatable bonds is 41. The minimum atomic E-state index is -1.79. The number of allylic oxidation sites excluding steroid dienone is 17. The van der Waals surface area contributed by atoms with Crippen molar-refractivity contribution in [1.82, 2.24) is 5.32 Å². The summed E-state index contributed by atoms with van der Waals surface area (Å²) in [5.74, 6) is -0.260. The molecule has 0 saturated carbocycles. The predicted molar refractivity (Wildman–Crippen MR) is 290 cm³/mol. The Morgan fingerprint density at radius 3 is 1.45 bits per heavy atom. The lowest BCUT2D eigenvalue weighted by atomic mass is 9.97. The molecule has 416 valence electrons. The van der Waals surface area contributed by atoms with Crippen molar-refractivity contribution < 1.29 is 64.6 Å². The Hall–Kier alpha value is -3.35. The van der Waals surface area contributed by atoms with Crippen molar-refractivity contribution in [2.75, 3.05) is 19.8 Å². The van der Waals surface area contributed by atoms with E-state index >= 15 is 0 Å². The average Bonchev–Trinajstić information content (AvgIpc) is 3.39. The minimum Gasteiger partial charge on any atom is -0.394 e. The van der Waals surface area contributed by atoms with Gasteiger partial charge in [-0.2, -0.15) is 0 Å². The zero-order valence-corrected chi connectivity index (χ0v) is 44.3. The zero-order chi connectivity index (χ0) is 53.2. The first-order chi connectivity index (χ1) is 35.6. The van der Waals surface area contributed by atoms with Crippen LogP contribution in [0.15, 0.2) is 109 Å². The van der Waals surface area contributed by atoms with Crippen molar-refractivity contribution in [3.8, 4) is 0 Å². The second-order valence-corrected chi connectivity index (χ2v) is 19.0. The maximum atomic E-state index is 13.1. The van der Waals surface area contributed by atoms with Gasteiger partial charge in [-0.25, -0.2) is 0 Å². The van der Waals surface area contributed by atoms with Crippen LogP contribution in [0.25, 0.3) is 0 Å². The number of aliphatic hydroxyl groups is 8. The van der Waals surface area contributed by atoms with Crippen LogP contribution in [0, 0.1) is 0 Å². The van der Waals surface area contributed by atoms with Crippen LogP contribution in [0.3, 0.4) is 0 Å². The van der Waals surface area contributed by atoms with Crippen molar-refractivity contribution in [2.24, 2.45) is 0 Å². The zero-order valence-electron chi connectivity index (χ0n) is 44.3. The SMILES string of the molecule is CC/C=C\C/C=C\C/C=C\C/C=C\C/C=C\C/C=C\C/C=C\C/C=C\CCCCCCCCCCC(=O)NC(COC1OC(CO)C(OC2OC(CO)C(O)C(O)C2O)C(O)C1O)C(O)/C=C/CCCCCC. The van der Waals surface area contributed by atoms with E-state index in [1.165, 1.54) is 19.3 Å². The number of carbonyl (C=O) groups is 1. The largest absolute Gasteiger partial charge is 0.394 e. The summed E-state index contributed by atoms with van der Waals surface area (Å²) in [6.45, 7) is 2.55. The van der Waals surface area contributed by atoms with Gasteiger partial charge in [0.1, 0.15) is 48.8 Å². The number of hydrogen-bond acceptors (Lipinski definition) is 13. The van der Waals surface area contributed by atoms with Crippen molar-refractivity contribution in [3.05, 3.63) is 109 Å². The average molecular weight is 1030 g/mol. The Kier molecular flexibility index (Phi) is 39.5. The molecule has 9 N–H and O–H groups in total. The molecule has 0 aromatic rings. The monoisotopic (exact) mass is 1030 g/mol. The molecule has 0 aromatic heterocycles. The highest BCUT2D eigenvalue weighted by atomic mass is 16.7. The summed E-state index contributed by atoms with van der Waals surface area (Å²) in [5, 5.41) is 86.4. The molecule has 2 heterocycles. The molecule has 2 aliphatic rings. The predicted octanol–water partition coefficient (Wildman–Crippen LogP) is 8.49. The summed E-state index contributed by atoms with van der Waals surface area (Å²) in [6.07, 6.45) is 44.7. The van der Waals surface area contributed by atoms with Crippen molar-refractivity contribution in [1.29, 1.82) is 0 Å². The molecule has 0 radical (unpaired) electrons. The van der Waals surface area contributed by atoms with E-state index in [2.05, 4.69) is 116 Å². The van der Waals surface area contributed by atoms with Crippen LogP contribution >= 0.6 is 0 Å². The van der Waals surface area contributed by atoms with Crippen LogP contribution in [-0.2, 0) is 23.7 Å². The number of amides is 1. The first-order valence-electron chi connectivity index (χ1n) is 27.6. The lowest BCUT2D eigenvalue weighted by Crippen LogP contribution is -2.65. The molecule has 0 bridgehead atoms. The van der Waals surface area contributed by atoms with Gasteiger partial charge in [0.2, 0.25) is 5.91 Å². The Labute approximate surface area is 438 Å². The number of aliphatic hydroxyl groups excluding tert-OH is 8. The van der Waals surface area contributed by atoms with Crippen molar-refractivity contribution in [3.63, 3.8) is 0 Å². The molecule has 14 nitrogen and oxygen atoms in total. The fraction of sp³-hybridized carbons (Fsp3) is 0.678. The molecule has 2 rings (SSSR count). The normalized spacial score (nSPS) is 26.3.